The highest BCUT2D eigenvalue weighted by atomic mass is 15.1. The zero-order valence-electron chi connectivity index (χ0n) is 22.5. The summed E-state index contributed by atoms with van der Waals surface area (Å²) in [5, 5.41) is 8.45. The zero-order valence-corrected chi connectivity index (χ0v) is 22.5. The van der Waals surface area contributed by atoms with E-state index in [9.17, 15) is 0 Å². The van der Waals surface area contributed by atoms with Crippen LogP contribution in [0.15, 0.2) is 6.07 Å². The second kappa shape index (κ2) is 20.8. The van der Waals surface area contributed by atoms with Crippen molar-refractivity contribution in [1.29, 1.82) is 0 Å². The van der Waals surface area contributed by atoms with Crippen LogP contribution >= 0.6 is 0 Å². The van der Waals surface area contributed by atoms with Crippen LogP contribution < -0.4 is 0 Å². The molecule has 32 heavy (non-hydrogen) atoms. The molecule has 0 spiro atoms. The molecule has 188 valence electrons. The molecule has 0 aliphatic rings. The van der Waals surface area contributed by atoms with Crippen LogP contribution in [0.1, 0.15) is 186 Å². The van der Waals surface area contributed by atoms with Gasteiger partial charge in [0.05, 0.1) is 5.69 Å². The van der Waals surface area contributed by atoms with Crippen LogP contribution in [0.5, 0.6) is 0 Å². The predicted molar refractivity (Wildman–Crippen MR) is 144 cm³/mol. The van der Waals surface area contributed by atoms with E-state index in [-0.39, 0.29) is 0 Å². The summed E-state index contributed by atoms with van der Waals surface area (Å²) in [7, 11) is 0. The number of nitrogens with zero attached hydrogens (tertiary/aromatic N) is 1. The Morgan fingerprint density at radius 3 is 1.34 bits per heavy atom. The van der Waals surface area contributed by atoms with Gasteiger partial charge in [-0.2, -0.15) is 5.10 Å². The van der Waals surface area contributed by atoms with Gasteiger partial charge < -0.3 is 0 Å². The molecule has 1 rings (SSSR count). The highest BCUT2D eigenvalue weighted by molar-refractivity contribution is 5.17. The number of hydrogen-bond donors (Lipinski definition) is 1. The van der Waals surface area contributed by atoms with Gasteiger partial charge in [0.25, 0.3) is 0 Å². The van der Waals surface area contributed by atoms with E-state index in [0.29, 0.717) is 11.8 Å². The van der Waals surface area contributed by atoms with Gasteiger partial charge in [-0.05, 0) is 31.7 Å². The monoisotopic (exact) mass is 446 g/mol. The van der Waals surface area contributed by atoms with Crippen molar-refractivity contribution in [3.05, 3.63) is 17.5 Å². The van der Waals surface area contributed by atoms with Gasteiger partial charge in [-0.3, -0.25) is 5.10 Å². The minimum Gasteiger partial charge on any atom is -0.282 e. The van der Waals surface area contributed by atoms with Crippen LogP contribution in [-0.2, 0) is 0 Å². The highest BCUT2D eigenvalue weighted by Gasteiger charge is 2.19. The third-order valence-electron chi connectivity index (χ3n) is 7.35. The number of aromatic amines is 1. The summed E-state index contributed by atoms with van der Waals surface area (Å²) in [5.74, 6) is 1.36. The Hall–Kier alpha value is -0.790. The molecule has 0 aromatic carbocycles. The molecule has 2 nitrogen and oxygen atoms in total. The molecule has 1 atom stereocenters. The summed E-state index contributed by atoms with van der Waals surface area (Å²) in [6, 6.07) is 2.49. The molecule has 0 radical (unpaired) electrons. The predicted octanol–water partition coefficient (Wildman–Crippen LogP) is 10.8. The summed E-state index contributed by atoms with van der Waals surface area (Å²) in [6.07, 6.45) is 28.7. The average molecular weight is 447 g/mol. The molecule has 0 aliphatic heterocycles. The first-order chi connectivity index (χ1) is 15.8. The smallest absolute Gasteiger partial charge is 0.0655 e. The second-order valence-corrected chi connectivity index (χ2v) is 10.4. The van der Waals surface area contributed by atoms with Crippen molar-refractivity contribution in [2.45, 2.75) is 174 Å². The Morgan fingerprint density at radius 2 is 0.906 bits per heavy atom. The molecule has 1 heterocycles. The fourth-order valence-electron chi connectivity index (χ4n) is 5.11. The summed E-state index contributed by atoms with van der Waals surface area (Å²) in [6.45, 7) is 9.24. The van der Waals surface area contributed by atoms with Crippen LogP contribution in [0.3, 0.4) is 0 Å². The lowest BCUT2D eigenvalue weighted by molar-refractivity contribution is 0.485. The van der Waals surface area contributed by atoms with Crippen molar-refractivity contribution in [2.24, 2.45) is 0 Å². The fourth-order valence-corrected chi connectivity index (χ4v) is 5.11. The van der Waals surface area contributed by atoms with E-state index < -0.39 is 0 Å². The molecule has 1 N–H and O–H groups in total. The lowest BCUT2D eigenvalue weighted by atomic mass is 9.89. The van der Waals surface area contributed by atoms with E-state index in [1.165, 1.54) is 146 Å². The van der Waals surface area contributed by atoms with Crippen molar-refractivity contribution in [2.75, 3.05) is 0 Å². The Kier molecular flexibility index (Phi) is 19.0. The van der Waals surface area contributed by atoms with Crippen molar-refractivity contribution >= 4 is 0 Å². The molecule has 0 bridgehead atoms. The summed E-state index contributed by atoms with van der Waals surface area (Å²) in [5.41, 5.74) is 2.82. The lowest BCUT2D eigenvalue weighted by Crippen LogP contribution is -2.01. The number of aromatic nitrogens is 2. The Balaban J connectivity index is 2.72. The molecule has 1 aromatic rings. The summed E-state index contributed by atoms with van der Waals surface area (Å²) >= 11 is 0. The summed E-state index contributed by atoms with van der Waals surface area (Å²) in [4.78, 5) is 0. The first-order valence-corrected chi connectivity index (χ1v) is 14.8. The molecule has 1 aromatic heterocycles. The van der Waals surface area contributed by atoms with Crippen LogP contribution in [0, 0.1) is 0 Å². The van der Waals surface area contributed by atoms with Gasteiger partial charge in [-0.1, -0.05) is 137 Å². The van der Waals surface area contributed by atoms with Crippen molar-refractivity contribution in [3.8, 4) is 0 Å². The number of nitrogens with one attached hydrogen (secondary N) is 1. The normalized spacial score (nSPS) is 12.7. The first kappa shape index (κ1) is 29.2. The molecule has 0 fully saturated rings. The minimum atomic E-state index is 0.666. The Labute approximate surface area is 202 Å². The van der Waals surface area contributed by atoms with E-state index in [1.54, 1.807) is 0 Å². The first-order valence-electron chi connectivity index (χ1n) is 14.8. The maximum atomic E-state index is 4.92. The summed E-state index contributed by atoms with van der Waals surface area (Å²) < 4.78 is 0. The quantitative estimate of drug-likeness (QED) is 0.166. The molecule has 0 saturated heterocycles. The zero-order chi connectivity index (χ0) is 23.3. The Morgan fingerprint density at radius 1 is 0.531 bits per heavy atom. The second-order valence-electron chi connectivity index (χ2n) is 10.4. The topological polar surface area (TPSA) is 28.7 Å². The Bertz CT molecular complexity index is 495. The number of hydrogen-bond acceptors (Lipinski definition) is 1. The maximum absolute atomic E-state index is 4.92. The van der Waals surface area contributed by atoms with Crippen molar-refractivity contribution in [1.82, 2.24) is 10.2 Å². The highest BCUT2D eigenvalue weighted by Crippen LogP contribution is 2.32. The van der Waals surface area contributed by atoms with E-state index >= 15 is 0 Å². The number of unbranched alkanes of at least 4 members (excludes halogenated alkanes) is 13. The van der Waals surface area contributed by atoms with Gasteiger partial charge in [0.2, 0.25) is 0 Å². The molecule has 0 saturated carbocycles. The van der Waals surface area contributed by atoms with Gasteiger partial charge in [0.1, 0.15) is 0 Å². The van der Waals surface area contributed by atoms with E-state index in [1.807, 2.05) is 0 Å². The van der Waals surface area contributed by atoms with Crippen molar-refractivity contribution in [3.63, 3.8) is 0 Å². The maximum Gasteiger partial charge on any atom is 0.0655 e. The number of rotatable bonds is 23. The SMILES string of the molecule is CCCCCCCC(CCCCCC)c1cc(C(CCCCCC)CCCCCC)[nH]n1. The lowest BCUT2D eigenvalue weighted by Gasteiger charge is -2.16. The van der Waals surface area contributed by atoms with Gasteiger partial charge >= 0.3 is 0 Å². The van der Waals surface area contributed by atoms with Gasteiger partial charge in [-0.25, -0.2) is 0 Å². The van der Waals surface area contributed by atoms with Crippen LogP contribution in [0.2, 0.25) is 0 Å². The molecular weight excluding hydrogens is 388 g/mol. The molecular formula is C30H58N2. The van der Waals surface area contributed by atoms with E-state index in [2.05, 4.69) is 38.9 Å². The van der Waals surface area contributed by atoms with Crippen LogP contribution in [0.4, 0.5) is 0 Å². The molecule has 0 amide bonds. The molecule has 1 unspecified atom stereocenters. The van der Waals surface area contributed by atoms with E-state index in [4.69, 9.17) is 5.10 Å². The largest absolute Gasteiger partial charge is 0.282 e. The van der Waals surface area contributed by atoms with Gasteiger partial charge in [0, 0.05) is 17.5 Å². The van der Waals surface area contributed by atoms with Gasteiger partial charge in [0.15, 0.2) is 0 Å². The average Bonchev–Trinajstić information content (AvgIpc) is 3.29. The third kappa shape index (κ3) is 13.7. The minimum absolute atomic E-state index is 0.666. The van der Waals surface area contributed by atoms with Crippen LogP contribution in [0.25, 0.3) is 0 Å². The number of H-pyrrole nitrogens is 1. The van der Waals surface area contributed by atoms with Crippen LogP contribution in [-0.4, -0.2) is 10.2 Å². The standard InChI is InChI=1S/C30H58N2/c1-5-9-13-17-21-25-28(24-20-16-12-8-4)30-26-29(31-32-30)27(22-18-14-10-6-2)23-19-15-11-7-3/h26-28H,5-25H2,1-4H3,(H,31,32). The van der Waals surface area contributed by atoms with Crippen molar-refractivity contribution < 1.29 is 0 Å². The van der Waals surface area contributed by atoms with E-state index in [0.717, 1.165) is 0 Å². The fraction of sp³-hybridized carbons (Fsp3) is 0.900. The molecule has 0 aliphatic carbocycles. The molecule has 2 heteroatoms. The third-order valence-corrected chi connectivity index (χ3v) is 7.35. The van der Waals surface area contributed by atoms with Gasteiger partial charge in [-0.15, -0.1) is 0 Å².